The molecule has 2 N–H and O–H groups in total. The smallest absolute Gasteiger partial charge is 0.261 e. The number of amides is 1. The lowest BCUT2D eigenvalue weighted by Crippen LogP contribution is -2.16. The van der Waals surface area contributed by atoms with E-state index in [2.05, 4.69) is 10.0 Å². The molecule has 1 amide bonds. The number of carbonyl (C=O) groups excluding carboxylic acids is 1. The number of aryl methyl sites for hydroxylation is 3. The van der Waals surface area contributed by atoms with Gasteiger partial charge in [-0.3, -0.25) is 9.52 Å². The van der Waals surface area contributed by atoms with Crippen LogP contribution in [-0.4, -0.2) is 21.4 Å². The lowest BCUT2D eigenvalue weighted by molar-refractivity contribution is -0.114. The molecule has 7 heteroatoms. The summed E-state index contributed by atoms with van der Waals surface area (Å²) in [5.74, 6) is 0.0721. The molecule has 0 unspecified atom stereocenters. The number of benzene rings is 2. The molecule has 0 aliphatic heterocycles. The fraction of sp³-hybridized carbons (Fsp3) is 0.278. The number of nitrogens with one attached hydrogen (secondary N) is 2. The third-order valence-electron chi connectivity index (χ3n) is 3.71. The van der Waals surface area contributed by atoms with Crippen molar-refractivity contribution < 1.29 is 17.9 Å². The minimum atomic E-state index is -3.81. The minimum Gasteiger partial charge on any atom is -0.495 e. The quantitative estimate of drug-likeness (QED) is 0.854. The molecule has 25 heavy (non-hydrogen) atoms. The van der Waals surface area contributed by atoms with Crippen LogP contribution in [0.2, 0.25) is 0 Å². The van der Waals surface area contributed by atoms with Gasteiger partial charge < -0.3 is 10.1 Å². The minimum absolute atomic E-state index is 0.0384. The number of sulfonamides is 1. The zero-order chi connectivity index (χ0) is 18.8. The second kappa shape index (κ2) is 7.14. The highest BCUT2D eigenvalue weighted by molar-refractivity contribution is 7.92. The van der Waals surface area contributed by atoms with Crippen LogP contribution in [0.4, 0.5) is 11.4 Å². The average Bonchev–Trinajstić information content (AvgIpc) is 2.50. The Kier molecular flexibility index (Phi) is 5.37. The molecule has 0 radical (unpaired) electrons. The average molecular weight is 362 g/mol. The van der Waals surface area contributed by atoms with Crippen LogP contribution in [0.25, 0.3) is 0 Å². The highest BCUT2D eigenvalue weighted by atomic mass is 32.2. The number of rotatable bonds is 5. The van der Waals surface area contributed by atoms with E-state index in [9.17, 15) is 13.2 Å². The van der Waals surface area contributed by atoms with Crippen molar-refractivity contribution in [2.75, 3.05) is 17.1 Å². The van der Waals surface area contributed by atoms with Crippen molar-refractivity contribution in [1.29, 1.82) is 0 Å². The highest BCUT2D eigenvalue weighted by Crippen LogP contribution is 2.30. The van der Waals surface area contributed by atoms with Gasteiger partial charge in [0.2, 0.25) is 5.91 Å². The summed E-state index contributed by atoms with van der Waals surface area (Å²) < 4.78 is 33.3. The van der Waals surface area contributed by atoms with Gasteiger partial charge in [0, 0.05) is 6.92 Å². The Hall–Kier alpha value is -2.54. The standard InChI is InChI=1S/C18H22N2O4S/c1-11-8-12(2)18(13(3)9-11)20-25(22,23)15-6-7-17(24-5)16(10-15)19-14(4)21/h6-10,20H,1-5H3,(H,19,21). The Labute approximate surface area is 148 Å². The largest absolute Gasteiger partial charge is 0.495 e. The van der Waals surface area contributed by atoms with Gasteiger partial charge in [0.1, 0.15) is 5.75 Å². The van der Waals surface area contributed by atoms with Crippen molar-refractivity contribution in [3.8, 4) is 5.75 Å². The van der Waals surface area contributed by atoms with Crippen molar-refractivity contribution in [3.05, 3.63) is 47.0 Å². The maximum Gasteiger partial charge on any atom is 0.261 e. The molecule has 0 aromatic heterocycles. The number of ether oxygens (including phenoxy) is 1. The topological polar surface area (TPSA) is 84.5 Å². The Morgan fingerprint density at radius 2 is 1.64 bits per heavy atom. The van der Waals surface area contributed by atoms with Crippen molar-refractivity contribution in [2.24, 2.45) is 0 Å². The van der Waals surface area contributed by atoms with Crippen LogP contribution in [0.3, 0.4) is 0 Å². The molecule has 0 saturated heterocycles. The first-order chi connectivity index (χ1) is 11.6. The molecule has 0 bridgehead atoms. The summed E-state index contributed by atoms with van der Waals surface area (Å²) in [6.45, 7) is 7.02. The van der Waals surface area contributed by atoms with E-state index >= 15 is 0 Å². The summed E-state index contributed by atoms with van der Waals surface area (Å²) in [5.41, 5.74) is 3.61. The van der Waals surface area contributed by atoms with Gasteiger partial charge in [0.25, 0.3) is 10.0 Å². The van der Waals surface area contributed by atoms with Crippen LogP contribution >= 0.6 is 0 Å². The second-order valence-electron chi connectivity index (χ2n) is 5.92. The van der Waals surface area contributed by atoms with Gasteiger partial charge in [0.05, 0.1) is 23.4 Å². The van der Waals surface area contributed by atoms with E-state index < -0.39 is 10.0 Å². The van der Waals surface area contributed by atoms with E-state index in [0.29, 0.717) is 17.1 Å². The zero-order valence-electron chi connectivity index (χ0n) is 14.9. The molecule has 0 aliphatic rings. The van der Waals surface area contributed by atoms with Gasteiger partial charge in [-0.2, -0.15) is 0 Å². The number of anilines is 2. The predicted octanol–water partition coefficient (Wildman–Crippen LogP) is 3.38. The molecule has 0 fully saturated rings. The lowest BCUT2D eigenvalue weighted by Gasteiger charge is -2.16. The van der Waals surface area contributed by atoms with E-state index in [1.165, 1.54) is 32.2 Å². The van der Waals surface area contributed by atoms with Crippen LogP contribution in [0.15, 0.2) is 35.2 Å². The van der Waals surface area contributed by atoms with Gasteiger partial charge in [-0.1, -0.05) is 17.7 Å². The van der Waals surface area contributed by atoms with Crippen molar-refractivity contribution >= 4 is 27.3 Å². The SMILES string of the molecule is COc1ccc(S(=O)(=O)Nc2c(C)cc(C)cc2C)cc1NC(C)=O. The van der Waals surface area contributed by atoms with Crippen LogP contribution in [-0.2, 0) is 14.8 Å². The fourth-order valence-electron chi connectivity index (χ4n) is 2.68. The van der Waals surface area contributed by atoms with Crippen LogP contribution in [0.5, 0.6) is 5.75 Å². The van der Waals surface area contributed by atoms with Crippen LogP contribution < -0.4 is 14.8 Å². The molecular weight excluding hydrogens is 340 g/mol. The molecule has 0 spiro atoms. The molecule has 6 nitrogen and oxygen atoms in total. The first-order valence-corrected chi connectivity index (χ1v) is 9.18. The molecule has 0 atom stereocenters. The van der Waals surface area contributed by atoms with Crippen LogP contribution in [0.1, 0.15) is 23.6 Å². The van der Waals surface area contributed by atoms with Gasteiger partial charge in [-0.05, 0) is 50.1 Å². The van der Waals surface area contributed by atoms with Crippen molar-refractivity contribution in [2.45, 2.75) is 32.6 Å². The van der Waals surface area contributed by atoms with E-state index in [4.69, 9.17) is 4.74 Å². The number of methoxy groups -OCH3 is 1. The third kappa shape index (κ3) is 4.30. The van der Waals surface area contributed by atoms with Gasteiger partial charge >= 0.3 is 0 Å². The van der Waals surface area contributed by atoms with E-state index in [1.54, 1.807) is 0 Å². The summed E-state index contributed by atoms with van der Waals surface area (Å²) in [4.78, 5) is 11.4. The number of carbonyl (C=O) groups is 1. The molecule has 134 valence electrons. The highest BCUT2D eigenvalue weighted by Gasteiger charge is 2.19. The van der Waals surface area contributed by atoms with Gasteiger partial charge in [0.15, 0.2) is 0 Å². The number of hydrogen-bond donors (Lipinski definition) is 2. The summed E-state index contributed by atoms with van der Waals surface area (Å²) in [6, 6.07) is 8.16. The molecule has 2 aromatic carbocycles. The van der Waals surface area contributed by atoms with Crippen LogP contribution in [0, 0.1) is 20.8 Å². The molecule has 0 aliphatic carbocycles. The Bertz CT molecular complexity index is 898. The lowest BCUT2D eigenvalue weighted by atomic mass is 10.1. The first-order valence-electron chi connectivity index (χ1n) is 7.70. The normalized spacial score (nSPS) is 11.1. The third-order valence-corrected chi connectivity index (χ3v) is 5.05. The predicted molar refractivity (Wildman–Crippen MR) is 98.8 cm³/mol. The van der Waals surface area contributed by atoms with E-state index in [0.717, 1.165) is 16.7 Å². The zero-order valence-corrected chi connectivity index (χ0v) is 15.7. The Morgan fingerprint density at radius 3 is 2.16 bits per heavy atom. The maximum absolute atomic E-state index is 12.8. The van der Waals surface area contributed by atoms with E-state index in [1.807, 2.05) is 32.9 Å². The molecule has 0 heterocycles. The van der Waals surface area contributed by atoms with E-state index in [-0.39, 0.29) is 10.8 Å². The number of hydrogen-bond acceptors (Lipinski definition) is 4. The summed E-state index contributed by atoms with van der Waals surface area (Å²) in [7, 11) is -2.36. The summed E-state index contributed by atoms with van der Waals surface area (Å²) in [6.07, 6.45) is 0. The monoisotopic (exact) mass is 362 g/mol. The molecule has 2 aromatic rings. The molecule has 0 saturated carbocycles. The van der Waals surface area contributed by atoms with Crippen molar-refractivity contribution in [3.63, 3.8) is 0 Å². The maximum atomic E-state index is 12.8. The van der Waals surface area contributed by atoms with Gasteiger partial charge in [-0.25, -0.2) is 8.42 Å². The molecule has 2 rings (SSSR count). The van der Waals surface area contributed by atoms with Gasteiger partial charge in [-0.15, -0.1) is 0 Å². The first kappa shape index (κ1) is 18.8. The second-order valence-corrected chi connectivity index (χ2v) is 7.60. The summed E-state index contributed by atoms with van der Waals surface area (Å²) >= 11 is 0. The van der Waals surface area contributed by atoms with Crippen molar-refractivity contribution in [1.82, 2.24) is 0 Å². The molecular formula is C18H22N2O4S. The summed E-state index contributed by atoms with van der Waals surface area (Å²) in [5, 5.41) is 2.57. The fourth-order valence-corrected chi connectivity index (χ4v) is 3.90. The Balaban J connectivity index is 2.45. The Morgan fingerprint density at radius 1 is 1.04 bits per heavy atom.